The fourth-order valence-corrected chi connectivity index (χ4v) is 1.83. The molecular formula is C10H13NS. The monoisotopic (exact) mass is 179 g/mol. The number of nitrogens with one attached hydrogen (secondary N) is 1. The molecule has 0 fully saturated rings. The lowest BCUT2D eigenvalue weighted by atomic mass is 9.99. The van der Waals surface area contributed by atoms with E-state index in [1.54, 1.807) is 0 Å². The number of hydrogen-bond acceptors (Lipinski definition) is 2. The lowest BCUT2D eigenvalue weighted by Crippen LogP contribution is -2.23. The molecule has 0 amide bonds. The van der Waals surface area contributed by atoms with Crippen LogP contribution in [0.4, 0.5) is 0 Å². The molecule has 1 N–H and O–H groups in total. The largest absolute Gasteiger partial charge is 0.312 e. The van der Waals surface area contributed by atoms with Crippen molar-refractivity contribution < 1.29 is 0 Å². The molecule has 0 saturated carbocycles. The first-order chi connectivity index (χ1) is 5.90. The van der Waals surface area contributed by atoms with Crippen molar-refractivity contribution in [3.05, 3.63) is 34.9 Å². The van der Waals surface area contributed by atoms with Crippen LogP contribution in [0.3, 0.4) is 0 Å². The lowest BCUT2D eigenvalue weighted by Gasteiger charge is -2.17. The molecule has 0 bridgehead atoms. The molecule has 0 aromatic heterocycles. The van der Waals surface area contributed by atoms with Crippen molar-refractivity contribution in [1.82, 2.24) is 5.32 Å². The SMILES string of the molecule is SCc1ccc2c(c1)CNCC2. The van der Waals surface area contributed by atoms with Gasteiger partial charge in [-0.25, -0.2) is 0 Å². The zero-order valence-corrected chi connectivity index (χ0v) is 7.90. The number of hydrogen-bond donors (Lipinski definition) is 2. The molecule has 1 aromatic carbocycles. The molecule has 2 heteroatoms. The Kier molecular flexibility index (Phi) is 2.38. The second kappa shape index (κ2) is 3.50. The van der Waals surface area contributed by atoms with E-state index in [0.717, 1.165) is 18.8 Å². The third kappa shape index (κ3) is 1.50. The van der Waals surface area contributed by atoms with E-state index in [4.69, 9.17) is 0 Å². The summed E-state index contributed by atoms with van der Waals surface area (Å²) in [6, 6.07) is 6.67. The van der Waals surface area contributed by atoms with Crippen LogP contribution in [0.25, 0.3) is 0 Å². The first-order valence-electron chi connectivity index (χ1n) is 4.32. The Hall–Kier alpha value is -0.470. The first kappa shape index (κ1) is 8.14. The maximum atomic E-state index is 4.26. The highest BCUT2D eigenvalue weighted by atomic mass is 32.1. The van der Waals surface area contributed by atoms with Gasteiger partial charge < -0.3 is 5.32 Å². The van der Waals surface area contributed by atoms with Crippen molar-refractivity contribution in [1.29, 1.82) is 0 Å². The minimum Gasteiger partial charge on any atom is -0.312 e. The maximum absolute atomic E-state index is 4.26. The standard InChI is InChI=1S/C10H13NS/c12-7-8-1-2-9-3-4-11-6-10(9)5-8/h1-2,5,11-12H,3-4,6-7H2. The van der Waals surface area contributed by atoms with Gasteiger partial charge in [0.25, 0.3) is 0 Å². The summed E-state index contributed by atoms with van der Waals surface area (Å²) in [5.41, 5.74) is 4.27. The van der Waals surface area contributed by atoms with Crippen molar-refractivity contribution in [2.75, 3.05) is 6.54 Å². The van der Waals surface area contributed by atoms with E-state index in [1.807, 2.05) is 0 Å². The van der Waals surface area contributed by atoms with E-state index in [2.05, 4.69) is 36.1 Å². The van der Waals surface area contributed by atoms with Crippen molar-refractivity contribution in [2.24, 2.45) is 0 Å². The van der Waals surface area contributed by atoms with Gasteiger partial charge in [0.05, 0.1) is 0 Å². The zero-order valence-electron chi connectivity index (χ0n) is 7.01. The molecule has 12 heavy (non-hydrogen) atoms. The van der Waals surface area contributed by atoms with Gasteiger partial charge in [0, 0.05) is 12.3 Å². The Morgan fingerprint density at radius 3 is 3.08 bits per heavy atom. The Bertz CT molecular complexity index is 283. The highest BCUT2D eigenvalue weighted by molar-refractivity contribution is 7.79. The number of rotatable bonds is 1. The van der Waals surface area contributed by atoms with Gasteiger partial charge in [0.15, 0.2) is 0 Å². The summed E-state index contributed by atoms with van der Waals surface area (Å²) in [5.74, 6) is 0.841. The second-order valence-electron chi connectivity index (χ2n) is 3.19. The summed E-state index contributed by atoms with van der Waals surface area (Å²) in [6.07, 6.45) is 1.17. The van der Waals surface area contributed by atoms with E-state index in [-0.39, 0.29) is 0 Å². The van der Waals surface area contributed by atoms with Gasteiger partial charge in [0.1, 0.15) is 0 Å². The molecule has 2 rings (SSSR count). The fourth-order valence-electron chi connectivity index (χ4n) is 1.63. The minimum atomic E-state index is 0.841. The van der Waals surface area contributed by atoms with E-state index < -0.39 is 0 Å². The predicted octanol–water partition coefficient (Wildman–Crippen LogP) is 1.76. The van der Waals surface area contributed by atoms with Crippen LogP contribution in [0, 0.1) is 0 Å². The van der Waals surface area contributed by atoms with E-state index in [1.165, 1.54) is 23.1 Å². The van der Waals surface area contributed by atoms with Gasteiger partial charge in [0.2, 0.25) is 0 Å². The quantitative estimate of drug-likeness (QED) is 0.626. The summed E-state index contributed by atoms with van der Waals surface area (Å²) >= 11 is 4.26. The molecule has 64 valence electrons. The molecule has 0 saturated heterocycles. The Morgan fingerprint density at radius 2 is 2.25 bits per heavy atom. The van der Waals surface area contributed by atoms with Crippen molar-refractivity contribution in [3.63, 3.8) is 0 Å². The van der Waals surface area contributed by atoms with Crippen LogP contribution in [-0.2, 0) is 18.7 Å². The number of fused-ring (bicyclic) bond motifs is 1. The van der Waals surface area contributed by atoms with Crippen LogP contribution in [-0.4, -0.2) is 6.54 Å². The molecule has 1 aliphatic heterocycles. The van der Waals surface area contributed by atoms with Gasteiger partial charge in [-0.05, 0) is 29.7 Å². The van der Waals surface area contributed by atoms with Gasteiger partial charge >= 0.3 is 0 Å². The summed E-state index contributed by atoms with van der Waals surface area (Å²) in [5, 5.41) is 3.37. The summed E-state index contributed by atoms with van der Waals surface area (Å²) in [7, 11) is 0. The smallest absolute Gasteiger partial charge is 0.0208 e. The van der Waals surface area contributed by atoms with Crippen LogP contribution in [0.5, 0.6) is 0 Å². The molecule has 1 aromatic rings. The fraction of sp³-hybridized carbons (Fsp3) is 0.400. The summed E-state index contributed by atoms with van der Waals surface area (Å²) in [6.45, 7) is 2.14. The zero-order chi connectivity index (χ0) is 8.39. The third-order valence-electron chi connectivity index (χ3n) is 2.34. The average molecular weight is 179 g/mol. The van der Waals surface area contributed by atoms with Crippen LogP contribution >= 0.6 is 12.6 Å². The van der Waals surface area contributed by atoms with Crippen molar-refractivity contribution in [3.8, 4) is 0 Å². The summed E-state index contributed by atoms with van der Waals surface area (Å²) in [4.78, 5) is 0. The molecular weight excluding hydrogens is 166 g/mol. The molecule has 0 aliphatic carbocycles. The van der Waals surface area contributed by atoms with Crippen LogP contribution in [0.1, 0.15) is 16.7 Å². The molecule has 1 nitrogen and oxygen atoms in total. The predicted molar refractivity (Wildman–Crippen MR) is 54.5 cm³/mol. The lowest BCUT2D eigenvalue weighted by molar-refractivity contribution is 0.643. The molecule has 0 spiro atoms. The van der Waals surface area contributed by atoms with E-state index in [0.29, 0.717) is 0 Å². The number of benzene rings is 1. The van der Waals surface area contributed by atoms with E-state index in [9.17, 15) is 0 Å². The molecule has 0 atom stereocenters. The highest BCUT2D eigenvalue weighted by Gasteiger charge is 2.07. The van der Waals surface area contributed by atoms with Gasteiger partial charge in [-0.2, -0.15) is 12.6 Å². The van der Waals surface area contributed by atoms with Gasteiger partial charge in [-0.1, -0.05) is 18.2 Å². The van der Waals surface area contributed by atoms with Crippen LogP contribution in [0.15, 0.2) is 18.2 Å². The van der Waals surface area contributed by atoms with Crippen LogP contribution < -0.4 is 5.32 Å². The summed E-state index contributed by atoms with van der Waals surface area (Å²) < 4.78 is 0. The molecule has 0 unspecified atom stereocenters. The van der Waals surface area contributed by atoms with Crippen molar-refractivity contribution >= 4 is 12.6 Å². The van der Waals surface area contributed by atoms with Gasteiger partial charge in [-0.3, -0.25) is 0 Å². The van der Waals surface area contributed by atoms with E-state index >= 15 is 0 Å². The Labute approximate surface area is 78.6 Å². The Balaban J connectivity index is 2.36. The maximum Gasteiger partial charge on any atom is 0.0208 e. The first-order valence-corrected chi connectivity index (χ1v) is 4.95. The Morgan fingerprint density at radius 1 is 1.33 bits per heavy atom. The molecule has 0 radical (unpaired) electrons. The third-order valence-corrected chi connectivity index (χ3v) is 2.70. The topological polar surface area (TPSA) is 12.0 Å². The van der Waals surface area contributed by atoms with Gasteiger partial charge in [-0.15, -0.1) is 0 Å². The molecule has 1 heterocycles. The normalized spacial score (nSPS) is 15.8. The highest BCUT2D eigenvalue weighted by Crippen LogP contribution is 2.16. The minimum absolute atomic E-state index is 0.841. The number of thiol groups is 1. The van der Waals surface area contributed by atoms with Crippen LogP contribution in [0.2, 0.25) is 0 Å². The second-order valence-corrected chi connectivity index (χ2v) is 3.50. The molecule has 1 aliphatic rings. The average Bonchev–Trinajstić information content (AvgIpc) is 2.17. The van der Waals surface area contributed by atoms with Crippen molar-refractivity contribution in [2.45, 2.75) is 18.7 Å².